The fraction of sp³-hybridized carbons (Fsp3) is 0.533. The highest BCUT2D eigenvalue weighted by molar-refractivity contribution is 7.80. The zero-order chi connectivity index (χ0) is 13.0. The van der Waals surface area contributed by atoms with Crippen LogP contribution >= 0.6 is 12.2 Å². The van der Waals surface area contributed by atoms with E-state index in [-0.39, 0.29) is 6.04 Å². The topological polar surface area (TPSA) is 29.3 Å². The quantitative estimate of drug-likeness (QED) is 0.844. The van der Waals surface area contributed by atoms with Gasteiger partial charge in [0.15, 0.2) is 0 Å². The molecule has 1 fully saturated rings. The third-order valence-corrected chi connectivity index (χ3v) is 4.17. The van der Waals surface area contributed by atoms with Crippen molar-refractivity contribution in [1.29, 1.82) is 0 Å². The van der Waals surface area contributed by atoms with E-state index in [1.54, 1.807) is 0 Å². The Morgan fingerprint density at radius 1 is 1.22 bits per heavy atom. The van der Waals surface area contributed by atoms with Gasteiger partial charge in [-0.25, -0.2) is 0 Å². The maximum absolute atomic E-state index is 5.97. The molecule has 1 saturated carbocycles. The molecule has 98 valence electrons. The second-order valence-corrected chi connectivity index (χ2v) is 5.64. The average Bonchev–Trinajstić information content (AvgIpc) is 2.40. The Bertz CT molecular complexity index is 385. The van der Waals surface area contributed by atoms with E-state index in [1.165, 1.54) is 37.7 Å². The third kappa shape index (κ3) is 3.09. The van der Waals surface area contributed by atoms with Crippen LogP contribution in [0, 0.1) is 0 Å². The summed E-state index contributed by atoms with van der Waals surface area (Å²) < 4.78 is 0. The first-order valence-electron chi connectivity index (χ1n) is 6.76. The summed E-state index contributed by atoms with van der Waals surface area (Å²) in [6.45, 7) is 0. The van der Waals surface area contributed by atoms with E-state index in [4.69, 9.17) is 18.0 Å². The maximum Gasteiger partial charge on any atom is 0.0948 e. The molecule has 0 saturated heterocycles. The van der Waals surface area contributed by atoms with Crippen molar-refractivity contribution in [2.45, 2.75) is 44.2 Å². The summed E-state index contributed by atoms with van der Waals surface area (Å²) in [6, 6.07) is 11.0. The molecular formula is C15H22N2S. The van der Waals surface area contributed by atoms with Gasteiger partial charge in [-0.2, -0.15) is 0 Å². The number of benzene rings is 1. The van der Waals surface area contributed by atoms with Crippen molar-refractivity contribution in [2.75, 3.05) is 7.05 Å². The number of likely N-dealkylation sites (N-methyl/N-ethyl adjacent to an activating group) is 1. The molecule has 0 spiro atoms. The number of nitrogens with two attached hydrogens (primary N) is 1. The molecule has 0 aliphatic heterocycles. The van der Waals surface area contributed by atoms with Gasteiger partial charge in [0.2, 0.25) is 0 Å². The number of rotatable bonds is 4. The highest BCUT2D eigenvalue weighted by atomic mass is 32.1. The molecule has 1 aromatic rings. The summed E-state index contributed by atoms with van der Waals surface area (Å²) in [7, 11) is 2.16. The molecule has 0 radical (unpaired) electrons. The van der Waals surface area contributed by atoms with E-state index in [0.717, 1.165) is 0 Å². The summed E-state index contributed by atoms with van der Waals surface area (Å²) in [4.78, 5) is 2.95. The molecule has 2 rings (SSSR count). The van der Waals surface area contributed by atoms with Crippen LogP contribution in [-0.4, -0.2) is 23.0 Å². The Balaban J connectivity index is 2.17. The van der Waals surface area contributed by atoms with Gasteiger partial charge in [-0.1, -0.05) is 61.8 Å². The molecule has 0 heterocycles. The summed E-state index contributed by atoms with van der Waals surface area (Å²) in [5.41, 5.74) is 7.17. The van der Waals surface area contributed by atoms with E-state index < -0.39 is 0 Å². The van der Waals surface area contributed by atoms with Crippen LogP contribution < -0.4 is 5.73 Å². The second-order valence-electron chi connectivity index (χ2n) is 5.17. The van der Waals surface area contributed by atoms with Crippen LogP contribution in [0.1, 0.15) is 43.7 Å². The smallest absolute Gasteiger partial charge is 0.0948 e. The van der Waals surface area contributed by atoms with Gasteiger partial charge in [0.25, 0.3) is 0 Å². The maximum atomic E-state index is 5.97. The van der Waals surface area contributed by atoms with E-state index in [1.807, 2.05) is 6.07 Å². The molecule has 1 unspecified atom stereocenters. The fourth-order valence-corrected chi connectivity index (χ4v) is 3.24. The summed E-state index contributed by atoms with van der Waals surface area (Å²) in [5.74, 6) is 0. The fourth-order valence-electron chi connectivity index (χ4n) is 2.93. The van der Waals surface area contributed by atoms with Gasteiger partial charge >= 0.3 is 0 Å². The van der Waals surface area contributed by atoms with Crippen LogP contribution in [0.3, 0.4) is 0 Å². The Labute approximate surface area is 115 Å². The second kappa shape index (κ2) is 6.30. The van der Waals surface area contributed by atoms with Gasteiger partial charge in [-0.3, -0.25) is 4.90 Å². The lowest BCUT2D eigenvalue weighted by atomic mass is 9.92. The first-order valence-corrected chi connectivity index (χ1v) is 7.17. The molecular weight excluding hydrogens is 240 g/mol. The van der Waals surface area contributed by atoms with Crippen molar-refractivity contribution in [3.8, 4) is 0 Å². The lowest BCUT2D eigenvalue weighted by molar-refractivity contribution is 0.170. The minimum Gasteiger partial charge on any atom is -0.392 e. The standard InChI is InChI=1S/C15H22N2S/c1-17(13-10-6-3-7-11-13)14(15(16)18)12-8-4-2-5-9-12/h2,4-5,8-9,13-14H,3,6-7,10-11H2,1H3,(H2,16,18). The Kier molecular flexibility index (Phi) is 4.72. The first-order chi connectivity index (χ1) is 8.70. The molecule has 3 heteroatoms. The van der Waals surface area contributed by atoms with E-state index in [0.29, 0.717) is 11.0 Å². The molecule has 1 atom stereocenters. The predicted molar refractivity (Wildman–Crippen MR) is 80.6 cm³/mol. The van der Waals surface area contributed by atoms with Crippen molar-refractivity contribution < 1.29 is 0 Å². The van der Waals surface area contributed by atoms with Crippen LogP contribution in [0.5, 0.6) is 0 Å². The van der Waals surface area contributed by atoms with E-state index in [9.17, 15) is 0 Å². The predicted octanol–water partition coefficient (Wildman–Crippen LogP) is 3.28. The van der Waals surface area contributed by atoms with Crippen molar-refractivity contribution in [1.82, 2.24) is 4.90 Å². The molecule has 2 nitrogen and oxygen atoms in total. The molecule has 1 aromatic carbocycles. The molecule has 1 aliphatic carbocycles. The summed E-state index contributed by atoms with van der Waals surface area (Å²) in [6.07, 6.45) is 6.56. The largest absolute Gasteiger partial charge is 0.392 e. The Hall–Kier alpha value is -0.930. The number of thiocarbonyl (C=S) groups is 1. The molecule has 1 aliphatic rings. The number of hydrogen-bond acceptors (Lipinski definition) is 2. The monoisotopic (exact) mass is 262 g/mol. The number of hydrogen-bond donors (Lipinski definition) is 1. The van der Waals surface area contributed by atoms with Crippen LogP contribution in [-0.2, 0) is 0 Å². The molecule has 0 amide bonds. The van der Waals surface area contributed by atoms with E-state index >= 15 is 0 Å². The van der Waals surface area contributed by atoms with Crippen LogP contribution in [0.2, 0.25) is 0 Å². The average molecular weight is 262 g/mol. The summed E-state index contributed by atoms with van der Waals surface area (Å²) >= 11 is 5.28. The molecule has 2 N–H and O–H groups in total. The Morgan fingerprint density at radius 2 is 1.83 bits per heavy atom. The van der Waals surface area contributed by atoms with Crippen molar-refractivity contribution in [3.05, 3.63) is 35.9 Å². The van der Waals surface area contributed by atoms with Gasteiger partial charge in [-0.15, -0.1) is 0 Å². The first kappa shape index (κ1) is 13.5. The molecule has 0 bridgehead atoms. The van der Waals surface area contributed by atoms with Crippen LogP contribution in [0.25, 0.3) is 0 Å². The minimum atomic E-state index is 0.0734. The van der Waals surface area contributed by atoms with Crippen molar-refractivity contribution in [2.24, 2.45) is 5.73 Å². The van der Waals surface area contributed by atoms with Gasteiger partial charge in [0.05, 0.1) is 11.0 Å². The van der Waals surface area contributed by atoms with Gasteiger partial charge in [0.1, 0.15) is 0 Å². The lowest BCUT2D eigenvalue weighted by Crippen LogP contribution is -2.41. The van der Waals surface area contributed by atoms with Crippen LogP contribution in [0.4, 0.5) is 0 Å². The number of nitrogens with zero attached hydrogens (tertiary/aromatic N) is 1. The minimum absolute atomic E-state index is 0.0734. The zero-order valence-electron chi connectivity index (χ0n) is 11.0. The van der Waals surface area contributed by atoms with Gasteiger partial charge < -0.3 is 5.73 Å². The van der Waals surface area contributed by atoms with Crippen LogP contribution in [0.15, 0.2) is 30.3 Å². The lowest BCUT2D eigenvalue weighted by Gasteiger charge is -2.37. The highest BCUT2D eigenvalue weighted by Crippen LogP contribution is 2.29. The Morgan fingerprint density at radius 3 is 2.39 bits per heavy atom. The SMILES string of the molecule is CN(C1CCCCC1)C(C(N)=S)c1ccccc1. The normalized spacial score (nSPS) is 18.8. The van der Waals surface area contributed by atoms with Gasteiger partial charge in [-0.05, 0) is 25.5 Å². The third-order valence-electron chi connectivity index (χ3n) is 3.94. The summed E-state index contributed by atoms with van der Waals surface area (Å²) in [5, 5.41) is 0. The van der Waals surface area contributed by atoms with Gasteiger partial charge in [0, 0.05) is 6.04 Å². The van der Waals surface area contributed by atoms with Crippen molar-refractivity contribution >= 4 is 17.2 Å². The van der Waals surface area contributed by atoms with E-state index in [2.05, 4.69) is 36.2 Å². The van der Waals surface area contributed by atoms with Crippen molar-refractivity contribution in [3.63, 3.8) is 0 Å². The zero-order valence-corrected chi connectivity index (χ0v) is 11.8. The molecule has 0 aromatic heterocycles. The molecule has 18 heavy (non-hydrogen) atoms. The highest BCUT2D eigenvalue weighted by Gasteiger charge is 2.27.